The van der Waals surface area contributed by atoms with E-state index in [4.69, 9.17) is 20.4 Å². The molecular weight excluding hydrogens is 431 g/mol. The molecule has 0 bridgehead atoms. The third kappa shape index (κ3) is 3.02. The SMILES string of the molecule is CC(C)(c1nc2nccnc2[nH]1)C1c2ccc(-c3ccccc3N)nc2Oc2c(F)cccc21. The van der Waals surface area contributed by atoms with E-state index in [1.807, 2.05) is 42.5 Å². The number of imidazole rings is 1. The van der Waals surface area contributed by atoms with Crippen molar-refractivity contribution in [3.63, 3.8) is 0 Å². The highest BCUT2D eigenvalue weighted by Gasteiger charge is 2.43. The Morgan fingerprint density at radius 1 is 0.941 bits per heavy atom. The first-order chi connectivity index (χ1) is 16.4. The summed E-state index contributed by atoms with van der Waals surface area (Å²) in [5.74, 6) is 0.480. The Morgan fingerprint density at radius 3 is 2.59 bits per heavy atom. The molecule has 8 heteroatoms. The zero-order valence-corrected chi connectivity index (χ0v) is 18.6. The maximum atomic E-state index is 15.0. The van der Waals surface area contributed by atoms with Gasteiger partial charge in [0.05, 0.1) is 5.69 Å². The van der Waals surface area contributed by atoms with E-state index in [0.29, 0.717) is 34.4 Å². The number of H-pyrrole nitrogens is 1. The van der Waals surface area contributed by atoms with Crippen molar-refractivity contribution in [1.29, 1.82) is 0 Å². The van der Waals surface area contributed by atoms with Crippen LogP contribution in [0.15, 0.2) is 67.0 Å². The van der Waals surface area contributed by atoms with Gasteiger partial charge in [0.25, 0.3) is 0 Å². The number of hydrogen-bond acceptors (Lipinski definition) is 6. The van der Waals surface area contributed by atoms with Crippen molar-refractivity contribution in [2.24, 2.45) is 0 Å². The van der Waals surface area contributed by atoms with Crippen LogP contribution >= 0.6 is 0 Å². The molecule has 0 aliphatic carbocycles. The number of halogens is 1. The Kier molecular flexibility index (Phi) is 4.38. The van der Waals surface area contributed by atoms with Gasteiger partial charge in [-0.3, -0.25) is 0 Å². The summed E-state index contributed by atoms with van der Waals surface area (Å²) in [7, 11) is 0. The molecule has 0 saturated carbocycles. The van der Waals surface area contributed by atoms with Gasteiger partial charge in [0.15, 0.2) is 22.9 Å². The van der Waals surface area contributed by atoms with Crippen LogP contribution in [-0.2, 0) is 5.41 Å². The van der Waals surface area contributed by atoms with Crippen molar-refractivity contribution in [2.45, 2.75) is 25.2 Å². The maximum absolute atomic E-state index is 15.0. The van der Waals surface area contributed by atoms with E-state index in [2.05, 4.69) is 28.8 Å². The number of para-hydroxylation sites is 2. The molecule has 7 nitrogen and oxygen atoms in total. The molecule has 1 unspecified atom stereocenters. The van der Waals surface area contributed by atoms with Crippen molar-refractivity contribution in [2.75, 3.05) is 5.73 Å². The van der Waals surface area contributed by atoms with Crippen LogP contribution in [0, 0.1) is 5.82 Å². The molecule has 1 aliphatic heterocycles. The number of fused-ring (bicyclic) bond motifs is 3. The predicted molar refractivity (Wildman–Crippen MR) is 127 cm³/mol. The fraction of sp³-hybridized carbons (Fsp3) is 0.154. The van der Waals surface area contributed by atoms with Gasteiger partial charge in [-0.05, 0) is 18.2 Å². The lowest BCUT2D eigenvalue weighted by atomic mass is 9.69. The van der Waals surface area contributed by atoms with E-state index < -0.39 is 11.2 Å². The number of nitrogen functional groups attached to an aromatic ring is 1. The third-order valence-electron chi connectivity index (χ3n) is 6.41. The first kappa shape index (κ1) is 20.3. The summed E-state index contributed by atoms with van der Waals surface area (Å²) < 4.78 is 21.0. The fourth-order valence-electron chi connectivity index (χ4n) is 4.72. The van der Waals surface area contributed by atoms with Crippen molar-refractivity contribution >= 4 is 17.0 Å². The van der Waals surface area contributed by atoms with E-state index in [-0.39, 0.29) is 11.7 Å². The van der Waals surface area contributed by atoms with Crippen molar-refractivity contribution in [3.8, 4) is 22.9 Å². The van der Waals surface area contributed by atoms with E-state index in [1.165, 1.54) is 6.07 Å². The lowest BCUT2D eigenvalue weighted by Crippen LogP contribution is -2.32. The quantitative estimate of drug-likeness (QED) is 0.358. The second-order valence-electron chi connectivity index (χ2n) is 8.91. The lowest BCUT2D eigenvalue weighted by molar-refractivity contribution is 0.353. The number of nitrogens with zero attached hydrogens (tertiary/aromatic N) is 4. The first-order valence-electron chi connectivity index (χ1n) is 10.9. The highest BCUT2D eigenvalue weighted by molar-refractivity contribution is 5.74. The molecule has 2 aromatic carbocycles. The smallest absolute Gasteiger partial charge is 0.223 e. The number of pyridine rings is 1. The minimum atomic E-state index is -0.599. The summed E-state index contributed by atoms with van der Waals surface area (Å²) in [6.07, 6.45) is 3.22. The average molecular weight is 452 g/mol. The van der Waals surface area contributed by atoms with E-state index in [9.17, 15) is 4.39 Å². The summed E-state index contributed by atoms with van der Waals surface area (Å²) in [4.78, 5) is 21.4. The van der Waals surface area contributed by atoms with Crippen LogP contribution in [0.5, 0.6) is 11.6 Å². The van der Waals surface area contributed by atoms with Crippen LogP contribution in [0.3, 0.4) is 0 Å². The number of rotatable bonds is 3. The van der Waals surface area contributed by atoms with E-state index in [0.717, 1.165) is 16.7 Å². The highest BCUT2D eigenvalue weighted by atomic mass is 19.1. The zero-order valence-electron chi connectivity index (χ0n) is 18.6. The molecule has 3 N–H and O–H groups in total. The van der Waals surface area contributed by atoms with Crippen LogP contribution in [0.1, 0.15) is 36.7 Å². The minimum Gasteiger partial charge on any atom is -0.435 e. The standard InChI is InChI=1S/C26H21FN6O/c1-26(2,25-32-22-23(33-25)30-13-12-29-22)20-15-7-5-8-17(27)21(15)34-24-16(20)10-11-19(31-24)14-6-3-4-9-18(14)28/h3-13,20H,28H2,1-2H3,(H,29,30,32,33). The van der Waals surface area contributed by atoms with Gasteiger partial charge in [-0.25, -0.2) is 24.3 Å². The Bertz CT molecular complexity index is 1530. The number of nitrogens with two attached hydrogens (primary N) is 1. The lowest BCUT2D eigenvalue weighted by Gasteiger charge is -2.37. The van der Waals surface area contributed by atoms with Crippen LogP contribution in [0.4, 0.5) is 10.1 Å². The van der Waals surface area contributed by atoms with Gasteiger partial charge in [0.1, 0.15) is 5.82 Å². The van der Waals surface area contributed by atoms with Gasteiger partial charge in [-0.2, -0.15) is 0 Å². The van der Waals surface area contributed by atoms with E-state index >= 15 is 0 Å². The maximum Gasteiger partial charge on any atom is 0.223 e. The van der Waals surface area contributed by atoms with E-state index in [1.54, 1.807) is 18.5 Å². The average Bonchev–Trinajstić information content (AvgIpc) is 3.28. The minimum absolute atomic E-state index is 0.172. The number of aromatic amines is 1. The molecule has 3 aromatic heterocycles. The molecular formula is C26H21FN6O. The van der Waals surface area contributed by atoms with Crippen molar-refractivity contribution < 1.29 is 9.13 Å². The van der Waals surface area contributed by atoms with Crippen LogP contribution in [0.2, 0.25) is 0 Å². The Hall–Kier alpha value is -4.33. The number of aromatic nitrogens is 5. The van der Waals surface area contributed by atoms with Crippen LogP contribution in [-0.4, -0.2) is 24.9 Å². The molecule has 0 radical (unpaired) electrons. The fourth-order valence-corrected chi connectivity index (χ4v) is 4.72. The topological polar surface area (TPSA) is 103 Å². The summed E-state index contributed by atoms with van der Waals surface area (Å²) in [5, 5.41) is 0. The van der Waals surface area contributed by atoms with Crippen molar-refractivity contribution in [3.05, 3.63) is 89.8 Å². The van der Waals surface area contributed by atoms with Gasteiger partial charge in [-0.1, -0.05) is 50.2 Å². The molecule has 0 saturated heterocycles. The van der Waals surface area contributed by atoms with Crippen molar-refractivity contribution in [1.82, 2.24) is 24.9 Å². The zero-order chi connectivity index (χ0) is 23.4. The predicted octanol–water partition coefficient (Wildman–Crippen LogP) is 5.35. The summed E-state index contributed by atoms with van der Waals surface area (Å²) >= 11 is 0. The number of benzene rings is 2. The molecule has 6 rings (SSSR count). The molecule has 5 aromatic rings. The molecule has 34 heavy (non-hydrogen) atoms. The normalized spacial score (nSPS) is 15.0. The monoisotopic (exact) mass is 452 g/mol. The van der Waals surface area contributed by atoms with Gasteiger partial charge < -0.3 is 15.5 Å². The highest BCUT2D eigenvalue weighted by Crippen LogP contribution is 2.52. The largest absolute Gasteiger partial charge is 0.435 e. The number of anilines is 1. The molecule has 4 heterocycles. The Labute approximate surface area is 194 Å². The molecule has 1 aliphatic rings. The number of nitrogens with one attached hydrogen (secondary N) is 1. The Balaban J connectivity index is 1.55. The molecule has 168 valence electrons. The van der Waals surface area contributed by atoms with Gasteiger partial charge >= 0.3 is 0 Å². The molecule has 0 fully saturated rings. The third-order valence-corrected chi connectivity index (χ3v) is 6.41. The molecule has 1 atom stereocenters. The van der Waals surface area contributed by atoms with Crippen LogP contribution < -0.4 is 10.5 Å². The summed E-state index contributed by atoms with van der Waals surface area (Å²) in [5.41, 5.74) is 10.3. The number of hydrogen-bond donors (Lipinski definition) is 2. The summed E-state index contributed by atoms with van der Waals surface area (Å²) in [6, 6.07) is 16.4. The second kappa shape index (κ2) is 7.34. The second-order valence-corrected chi connectivity index (χ2v) is 8.91. The molecule has 0 amide bonds. The molecule has 0 spiro atoms. The summed E-state index contributed by atoms with van der Waals surface area (Å²) in [6.45, 7) is 4.12. The van der Waals surface area contributed by atoms with Gasteiger partial charge in [0, 0.05) is 46.1 Å². The first-order valence-corrected chi connectivity index (χ1v) is 10.9. The number of ether oxygens (including phenoxy) is 1. The van der Waals surface area contributed by atoms with Gasteiger partial charge in [0.2, 0.25) is 5.88 Å². The van der Waals surface area contributed by atoms with Crippen LogP contribution in [0.25, 0.3) is 22.6 Å². The Morgan fingerprint density at radius 2 is 1.76 bits per heavy atom. The van der Waals surface area contributed by atoms with Gasteiger partial charge in [-0.15, -0.1) is 0 Å².